The number of para-hydroxylation sites is 1. The van der Waals surface area contributed by atoms with E-state index in [0.29, 0.717) is 34.8 Å². The van der Waals surface area contributed by atoms with Gasteiger partial charge in [-0.3, -0.25) is 10.2 Å². The Hall–Kier alpha value is -4.33. The van der Waals surface area contributed by atoms with Crippen LogP contribution in [-0.2, 0) is 11.3 Å². The van der Waals surface area contributed by atoms with Crippen LogP contribution < -0.4 is 21.1 Å². The second kappa shape index (κ2) is 10.3. The maximum atomic E-state index is 13.0. The van der Waals surface area contributed by atoms with Gasteiger partial charge in [0.05, 0.1) is 5.56 Å². The summed E-state index contributed by atoms with van der Waals surface area (Å²) in [5, 5.41) is 22.6. The van der Waals surface area contributed by atoms with Crippen molar-refractivity contribution in [2.75, 3.05) is 17.2 Å². The van der Waals surface area contributed by atoms with Gasteiger partial charge in [-0.25, -0.2) is 4.79 Å². The van der Waals surface area contributed by atoms with Gasteiger partial charge in [-0.15, -0.1) is 0 Å². The van der Waals surface area contributed by atoms with Gasteiger partial charge in [-0.2, -0.15) is 0 Å². The van der Waals surface area contributed by atoms with E-state index in [0.717, 1.165) is 16.7 Å². The molecule has 0 saturated heterocycles. The summed E-state index contributed by atoms with van der Waals surface area (Å²) in [5.41, 5.74) is 10.3. The number of carboxylic acid groups (broad SMARTS) is 1. The molecule has 0 radical (unpaired) electrons. The predicted molar refractivity (Wildman–Crippen MR) is 128 cm³/mol. The summed E-state index contributed by atoms with van der Waals surface area (Å²) in [6.07, 6.45) is 0. The van der Waals surface area contributed by atoms with Crippen molar-refractivity contribution in [1.82, 2.24) is 0 Å². The number of nitrogen functional groups attached to an aromatic ring is 1. The Morgan fingerprint density at radius 3 is 2.45 bits per heavy atom. The average molecular weight is 447 g/mol. The molecule has 6 N–H and O–H groups in total. The minimum Gasteiger partial charge on any atom is -0.481 e. The van der Waals surface area contributed by atoms with Gasteiger partial charge >= 0.3 is 5.97 Å². The van der Waals surface area contributed by atoms with Crippen molar-refractivity contribution in [3.05, 3.63) is 88.5 Å². The molecule has 0 aromatic heterocycles. The van der Waals surface area contributed by atoms with Crippen LogP contribution in [0.3, 0.4) is 0 Å². The Morgan fingerprint density at radius 2 is 1.79 bits per heavy atom. The second-order valence-electron chi connectivity index (χ2n) is 7.59. The summed E-state index contributed by atoms with van der Waals surface area (Å²) < 4.78 is 5.48. The van der Waals surface area contributed by atoms with E-state index >= 15 is 0 Å². The molecule has 0 saturated carbocycles. The van der Waals surface area contributed by atoms with Gasteiger partial charge in [0.15, 0.2) is 6.61 Å². The molecule has 0 heterocycles. The molecule has 1 amide bonds. The first-order valence-electron chi connectivity index (χ1n) is 10.3. The van der Waals surface area contributed by atoms with Gasteiger partial charge in [0.2, 0.25) is 0 Å². The van der Waals surface area contributed by atoms with Crippen molar-refractivity contribution in [2.24, 2.45) is 5.73 Å². The van der Waals surface area contributed by atoms with E-state index in [1.807, 2.05) is 44.2 Å². The molecule has 0 aliphatic heterocycles. The van der Waals surface area contributed by atoms with E-state index in [1.54, 1.807) is 30.3 Å². The first-order chi connectivity index (χ1) is 15.7. The van der Waals surface area contributed by atoms with Crippen molar-refractivity contribution in [3.8, 4) is 5.75 Å². The third-order valence-corrected chi connectivity index (χ3v) is 4.98. The van der Waals surface area contributed by atoms with Crippen LogP contribution in [0.25, 0.3) is 0 Å². The lowest BCUT2D eigenvalue weighted by Gasteiger charge is -2.16. The number of ether oxygens (including phenoxy) is 1. The molecule has 3 rings (SSSR count). The zero-order valence-electron chi connectivity index (χ0n) is 18.4. The maximum absolute atomic E-state index is 13.0. The van der Waals surface area contributed by atoms with Crippen LogP contribution in [0.15, 0.2) is 60.7 Å². The first kappa shape index (κ1) is 23.3. The fraction of sp³-hybridized carbons (Fsp3) is 0.160. The summed E-state index contributed by atoms with van der Waals surface area (Å²) in [7, 11) is 0. The fourth-order valence-electron chi connectivity index (χ4n) is 3.31. The predicted octanol–water partition coefficient (Wildman–Crippen LogP) is 3.92. The summed E-state index contributed by atoms with van der Waals surface area (Å²) in [6, 6.07) is 17.8. The number of nitrogens with one attached hydrogen (secondary N) is 3. The molecule has 33 heavy (non-hydrogen) atoms. The van der Waals surface area contributed by atoms with E-state index in [9.17, 15) is 9.59 Å². The molecule has 8 nitrogen and oxygen atoms in total. The molecular weight excluding hydrogens is 420 g/mol. The average Bonchev–Trinajstić information content (AvgIpc) is 2.77. The Bertz CT molecular complexity index is 1190. The zero-order valence-corrected chi connectivity index (χ0v) is 18.4. The van der Waals surface area contributed by atoms with Gasteiger partial charge in [0.1, 0.15) is 11.6 Å². The van der Waals surface area contributed by atoms with E-state index in [2.05, 4.69) is 10.6 Å². The number of hydrogen-bond acceptors (Lipinski definition) is 5. The van der Waals surface area contributed by atoms with E-state index in [-0.39, 0.29) is 11.7 Å². The number of amidine groups is 1. The van der Waals surface area contributed by atoms with E-state index in [1.165, 1.54) is 0 Å². The van der Waals surface area contributed by atoms with E-state index < -0.39 is 12.6 Å². The Kier molecular flexibility index (Phi) is 7.30. The topological polar surface area (TPSA) is 138 Å². The molecule has 3 aromatic carbocycles. The van der Waals surface area contributed by atoms with Crippen molar-refractivity contribution in [3.63, 3.8) is 0 Å². The first-order valence-corrected chi connectivity index (χ1v) is 10.3. The number of aliphatic carboxylic acids is 1. The van der Waals surface area contributed by atoms with Crippen LogP contribution in [0, 0.1) is 19.3 Å². The normalized spacial score (nSPS) is 10.4. The molecule has 0 bridgehead atoms. The summed E-state index contributed by atoms with van der Waals surface area (Å²) in [6.45, 7) is 3.66. The standard InChI is InChI=1S/C25H26N4O4/c1-15-6-11-21(28-13-18-5-3-4-16(2)23(18)33-14-22(30)31)20(12-15)25(32)29-19-9-7-17(8-10-19)24(26)27/h3-12,28H,13-14H2,1-2H3,(H3,26,27)(H,29,32)(H,30,31). The Balaban J connectivity index is 1.79. The number of aryl methyl sites for hydroxylation is 2. The quantitative estimate of drug-likeness (QED) is 0.250. The number of carboxylic acids is 1. The number of carbonyl (C=O) groups is 2. The van der Waals surface area contributed by atoms with Gasteiger partial charge in [-0.1, -0.05) is 29.8 Å². The monoisotopic (exact) mass is 446 g/mol. The van der Waals surface area contributed by atoms with E-state index in [4.69, 9.17) is 21.0 Å². The maximum Gasteiger partial charge on any atom is 0.341 e. The number of rotatable bonds is 9. The number of carbonyl (C=O) groups excluding carboxylic acids is 1. The van der Waals surface area contributed by atoms with Crippen LogP contribution in [0.1, 0.15) is 32.6 Å². The summed E-state index contributed by atoms with van der Waals surface area (Å²) in [5.74, 6) is -0.869. The number of hydrogen-bond donors (Lipinski definition) is 5. The summed E-state index contributed by atoms with van der Waals surface area (Å²) in [4.78, 5) is 23.9. The lowest BCUT2D eigenvalue weighted by Crippen LogP contribution is -2.16. The molecule has 0 atom stereocenters. The Morgan fingerprint density at radius 1 is 1.06 bits per heavy atom. The fourth-order valence-corrected chi connectivity index (χ4v) is 3.31. The smallest absolute Gasteiger partial charge is 0.341 e. The van der Waals surface area contributed by atoms with Crippen LogP contribution in [0.2, 0.25) is 0 Å². The van der Waals surface area contributed by atoms with Crippen molar-refractivity contribution in [1.29, 1.82) is 5.41 Å². The van der Waals surface area contributed by atoms with Crippen LogP contribution in [-0.4, -0.2) is 29.4 Å². The van der Waals surface area contributed by atoms with Crippen LogP contribution >= 0.6 is 0 Å². The number of amides is 1. The number of nitrogens with two attached hydrogens (primary N) is 1. The molecule has 0 unspecified atom stereocenters. The lowest BCUT2D eigenvalue weighted by atomic mass is 10.1. The largest absolute Gasteiger partial charge is 0.481 e. The molecule has 3 aromatic rings. The molecule has 170 valence electrons. The molecular formula is C25H26N4O4. The highest BCUT2D eigenvalue weighted by Crippen LogP contribution is 2.26. The molecule has 0 aliphatic carbocycles. The molecule has 0 spiro atoms. The highest BCUT2D eigenvalue weighted by atomic mass is 16.5. The SMILES string of the molecule is Cc1ccc(NCc2cccc(C)c2OCC(=O)O)c(C(=O)Nc2ccc(C(=N)N)cc2)c1. The number of benzene rings is 3. The van der Waals surface area contributed by atoms with Gasteiger partial charge in [0, 0.05) is 29.0 Å². The number of anilines is 2. The van der Waals surface area contributed by atoms with Crippen molar-refractivity contribution in [2.45, 2.75) is 20.4 Å². The Labute approximate surface area is 191 Å². The highest BCUT2D eigenvalue weighted by Gasteiger charge is 2.14. The minimum atomic E-state index is -1.05. The van der Waals surface area contributed by atoms with Gasteiger partial charge < -0.3 is 26.2 Å². The summed E-state index contributed by atoms with van der Waals surface area (Å²) >= 11 is 0. The highest BCUT2D eigenvalue weighted by molar-refractivity contribution is 6.08. The van der Waals surface area contributed by atoms with Gasteiger partial charge in [0.25, 0.3) is 5.91 Å². The third kappa shape index (κ3) is 6.10. The zero-order chi connectivity index (χ0) is 24.0. The second-order valence-corrected chi connectivity index (χ2v) is 7.59. The van der Waals surface area contributed by atoms with Crippen molar-refractivity contribution >= 4 is 29.1 Å². The molecule has 0 fully saturated rings. The van der Waals surface area contributed by atoms with Crippen molar-refractivity contribution < 1.29 is 19.4 Å². The lowest BCUT2D eigenvalue weighted by molar-refractivity contribution is -0.139. The minimum absolute atomic E-state index is 0.0408. The van der Waals surface area contributed by atoms with Crippen LogP contribution in [0.4, 0.5) is 11.4 Å². The molecule has 8 heteroatoms. The third-order valence-electron chi connectivity index (χ3n) is 4.98. The van der Waals surface area contributed by atoms with Crippen LogP contribution in [0.5, 0.6) is 5.75 Å². The molecule has 0 aliphatic rings. The van der Waals surface area contributed by atoms with Gasteiger partial charge in [-0.05, 0) is 55.8 Å².